The van der Waals surface area contributed by atoms with Gasteiger partial charge in [-0.3, -0.25) is 4.72 Å². The molecule has 2 aromatic carbocycles. The standard InChI is InChI=1S/C13H10ClFINO3S/c14-9-1-4-13(12(16)6-9)17-21(19,20)10-2-3-11(15)8(5-10)7-18/h1-6,17-18H,7H2. The molecule has 0 atom stereocenters. The van der Waals surface area contributed by atoms with Gasteiger partial charge in [-0.15, -0.1) is 0 Å². The third kappa shape index (κ3) is 3.85. The average molecular weight is 442 g/mol. The molecule has 0 spiro atoms. The SMILES string of the molecule is O=S(=O)(Nc1ccc(Cl)cc1I)c1ccc(F)c(CO)c1. The van der Waals surface area contributed by atoms with Crippen molar-refractivity contribution in [3.8, 4) is 0 Å². The summed E-state index contributed by atoms with van der Waals surface area (Å²) in [6, 6.07) is 7.96. The first-order valence-electron chi connectivity index (χ1n) is 5.70. The van der Waals surface area contributed by atoms with E-state index >= 15 is 0 Å². The minimum Gasteiger partial charge on any atom is -0.392 e. The van der Waals surface area contributed by atoms with Crippen molar-refractivity contribution in [1.29, 1.82) is 0 Å². The van der Waals surface area contributed by atoms with E-state index in [1.807, 2.05) is 22.6 Å². The Morgan fingerprint density at radius 1 is 1.24 bits per heavy atom. The Morgan fingerprint density at radius 2 is 1.95 bits per heavy atom. The van der Waals surface area contributed by atoms with Crippen LogP contribution < -0.4 is 4.72 Å². The van der Waals surface area contributed by atoms with Crippen LogP contribution in [0.1, 0.15) is 5.56 Å². The fourth-order valence-corrected chi connectivity index (χ4v) is 3.93. The van der Waals surface area contributed by atoms with E-state index in [0.717, 1.165) is 18.2 Å². The van der Waals surface area contributed by atoms with E-state index in [-0.39, 0.29) is 10.5 Å². The van der Waals surface area contributed by atoms with Gasteiger partial charge in [0.05, 0.1) is 17.2 Å². The zero-order chi connectivity index (χ0) is 15.6. The van der Waals surface area contributed by atoms with E-state index < -0.39 is 22.4 Å². The largest absolute Gasteiger partial charge is 0.392 e. The highest BCUT2D eigenvalue weighted by Gasteiger charge is 2.17. The van der Waals surface area contributed by atoms with Gasteiger partial charge in [0.25, 0.3) is 10.0 Å². The summed E-state index contributed by atoms with van der Waals surface area (Å²) in [5.74, 6) is -0.655. The van der Waals surface area contributed by atoms with Crippen LogP contribution in [0.15, 0.2) is 41.3 Å². The molecule has 0 radical (unpaired) electrons. The highest BCUT2D eigenvalue weighted by atomic mass is 127. The summed E-state index contributed by atoms with van der Waals surface area (Å²) in [5.41, 5.74) is 0.290. The van der Waals surface area contributed by atoms with Gasteiger partial charge in [-0.1, -0.05) is 11.6 Å². The second kappa shape index (κ2) is 6.47. The van der Waals surface area contributed by atoms with Gasteiger partial charge in [-0.05, 0) is 59.0 Å². The predicted octanol–water partition coefficient (Wildman–Crippen LogP) is 3.38. The Balaban J connectivity index is 2.38. The first kappa shape index (κ1) is 16.5. The van der Waals surface area contributed by atoms with Crippen LogP contribution >= 0.6 is 34.2 Å². The topological polar surface area (TPSA) is 66.4 Å². The molecule has 0 amide bonds. The first-order chi connectivity index (χ1) is 9.83. The molecular formula is C13H10ClFINO3S. The molecule has 0 aliphatic heterocycles. The lowest BCUT2D eigenvalue weighted by molar-refractivity contribution is 0.275. The molecule has 0 bridgehead atoms. The monoisotopic (exact) mass is 441 g/mol. The molecule has 2 N–H and O–H groups in total. The number of hydrogen-bond donors (Lipinski definition) is 2. The normalized spacial score (nSPS) is 11.4. The van der Waals surface area contributed by atoms with Gasteiger partial charge in [0.1, 0.15) is 5.82 Å². The molecule has 2 aromatic rings. The molecule has 0 aliphatic carbocycles. The second-order valence-electron chi connectivity index (χ2n) is 4.14. The predicted molar refractivity (Wildman–Crippen MR) is 87.3 cm³/mol. The number of sulfonamides is 1. The van der Waals surface area contributed by atoms with Crippen molar-refractivity contribution in [1.82, 2.24) is 0 Å². The number of benzene rings is 2. The van der Waals surface area contributed by atoms with Crippen LogP contribution in [0.3, 0.4) is 0 Å². The van der Waals surface area contributed by atoms with E-state index in [9.17, 15) is 12.8 Å². The van der Waals surface area contributed by atoms with Crippen molar-refractivity contribution < 1.29 is 17.9 Å². The number of hydrogen-bond acceptors (Lipinski definition) is 3. The van der Waals surface area contributed by atoms with Gasteiger partial charge < -0.3 is 5.11 Å². The number of aliphatic hydroxyl groups excluding tert-OH is 1. The fraction of sp³-hybridized carbons (Fsp3) is 0.0769. The zero-order valence-electron chi connectivity index (χ0n) is 10.5. The van der Waals surface area contributed by atoms with Crippen molar-refractivity contribution in [3.05, 3.63) is 56.4 Å². The van der Waals surface area contributed by atoms with E-state index in [0.29, 0.717) is 14.3 Å². The molecule has 0 fully saturated rings. The van der Waals surface area contributed by atoms with Crippen LogP contribution in [0.5, 0.6) is 0 Å². The summed E-state index contributed by atoms with van der Waals surface area (Å²) in [4.78, 5) is -0.126. The van der Waals surface area contributed by atoms with Crippen molar-refractivity contribution in [2.45, 2.75) is 11.5 Å². The maximum atomic E-state index is 13.3. The van der Waals surface area contributed by atoms with Crippen LogP contribution in [0, 0.1) is 9.39 Å². The van der Waals surface area contributed by atoms with Gasteiger partial charge in [0, 0.05) is 14.2 Å². The maximum absolute atomic E-state index is 13.3. The number of nitrogens with one attached hydrogen (secondary N) is 1. The highest BCUT2D eigenvalue weighted by molar-refractivity contribution is 14.1. The van der Waals surface area contributed by atoms with E-state index in [2.05, 4.69) is 4.72 Å². The lowest BCUT2D eigenvalue weighted by atomic mass is 10.2. The van der Waals surface area contributed by atoms with Crippen molar-refractivity contribution in [2.24, 2.45) is 0 Å². The van der Waals surface area contributed by atoms with Gasteiger partial charge in [0.2, 0.25) is 0 Å². The first-order valence-corrected chi connectivity index (χ1v) is 8.64. The molecule has 0 saturated heterocycles. The van der Waals surface area contributed by atoms with Gasteiger partial charge >= 0.3 is 0 Å². The van der Waals surface area contributed by atoms with E-state index in [1.165, 1.54) is 6.07 Å². The van der Waals surface area contributed by atoms with E-state index in [4.69, 9.17) is 16.7 Å². The van der Waals surface area contributed by atoms with Crippen LogP contribution in [0.2, 0.25) is 5.02 Å². The van der Waals surface area contributed by atoms with Gasteiger partial charge in [-0.2, -0.15) is 0 Å². The van der Waals surface area contributed by atoms with Crippen molar-refractivity contribution in [2.75, 3.05) is 4.72 Å². The number of rotatable bonds is 4. The smallest absolute Gasteiger partial charge is 0.261 e. The zero-order valence-corrected chi connectivity index (χ0v) is 14.2. The molecule has 0 heterocycles. The summed E-state index contributed by atoms with van der Waals surface area (Å²) in [7, 11) is -3.87. The van der Waals surface area contributed by atoms with Crippen LogP contribution in [0.25, 0.3) is 0 Å². The maximum Gasteiger partial charge on any atom is 0.261 e. The minimum absolute atomic E-state index is 0.0799. The van der Waals surface area contributed by atoms with E-state index in [1.54, 1.807) is 12.1 Å². The molecule has 0 aliphatic rings. The Bertz CT molecular complexity index is 783. The van der Waals surface area contributed by atoms with Gasteiger partial charge in [0.15, 0.2) is 0 Å². The molecule has 8 heteroatoms. The van der Waals surface area contributed by atoms with Crippen LogP contribution in [-0.2, 0) is 16.6 Å². The van der Waals surface area contributed by atoms with Crippen molar-refractivity contribution >= 4 is 49.9 Å². The summed E-state index contributed by atoms with van der Waals surface area (Å²) in [6.07, 6.45) is 0. The Kier molecular flexibility index (Phi) is 5.07. The Labute approximate surface area is 140 Å². The summed E-state index contributed by atoms with van der Waals surface area (Å²) in [5, 5.41) is 9.49. The second-order valence-corrected chi connectivity index (χ2v) is 7.42. The molecule has 0 unspecified atom stereocenters. The summed E-state index contributed by atoms with van der Waals surface area (Å²) in [6.45, 7) is -0.576. The third-order valence-electron chi connectivity index (χ3n) is 2.67. The third-order valence-corrected chi connectivity index (χ3v) is 5.16. The van der Waals surface area contributed by atoms with Gasteiger partial charge in [-0.25, -0.2) is 12.8 Å². The average Bonchev–Trinajstić information content (AvgIpc) is 2.42. The van der Waals surface area contributed by atoms with Crippen molar-refractivity contribution in [3.63, 3.8) is 0 Å². The molecule has 0 aromatic heterocycles. The Morgan fingerprint density at radius 3 is 2.57 bits per heavy atom. The lowest BCUT2D eigenvalue weighted by Crippen LogP contribution is -2.14. The lowest BCUT2D eigenvalue weighted by Gasteiger charge is -2.11. The summed E-state index contributed by atoms with van der Waals surface area (Å²) < 4.78 is 40.9. The highest BCUT2D eigenvalue weighted by Crippen LogP contribution is 2.25. The number of halogens is 3. The van der Waals surface area contributed by atoms with Crippen LogP contribution in [0.4, 0.5) is 10.1 Å². The van der Waals surface area contributed by atoms with Crippen LogP contribution in [-0.4, -0.2) is 13.5 Å². The molecule has 21 heavy (non-hydrogen) atoms. The quantitative estimate of drug-likeness (QED) is 0.715. The molecule has 4 nitrogen and oxygen atoms in total. The summed E-state index contributed by atoms with van der Waals surface area (Å²) >= 11 is 7.76. The number of aliphatic hydroxyl groups is 1. The molecular weight excluding hydrogens is 432 g/mol. The molecule has 112 valence electrons. The fourth-order valence-electron chi connectivity index (χ4n) is 1.62. The minimum atomic E-state index is -3.87. The molecule has 2 rings (SSSR count). The number of anilines is 1. The Hall–Kier alpha value is -0.900. The molecule has 0 saturated carbocycles.